The van der Waals surface area contributed by atoms with Gasteiger partial charge in [-0.2, -0.15) is 0 Å². The maximum Gasteiger partial charge on any atom is 0.133 e. The van der Waals surface area contributed by atoms with E-state index in [1.165, 1.54) is 12.8 Å². The number of hydrogen-bond donors (Lipinski definition) is 1. The lowest BCUT2D eigenvalue weighted by atomic mass is 9.66. The van der Waals surface area contributed by atoms with Crippen LogP contribution < -0.4 is 4.74 Å². The fourth-order valence-corrected chi connectivity index (χ4v) is 4.35. The van der Waals surface area contributed by atoms with Gasteiger partial charge < -0.3 is 9.84 Å². The van der Waals surface area contributed by atoms with E-state index < -0.39 is 0 Å². The van der Waals surface area contributed by atoms with Gasteiger partial charge in [0, 0.05) is 30.2 Å². The Morgan fingerprint density at radius 2 is 2.09 bits per heavy atom. The molecule has 3 nitrogen and oxygen atoms in total. The summed E-state index contributed by atoms with van der Waals surface area (Å²) >= 11 is 0. The van der Waals surface area contributed by atoms with E-state index in [1.54, 1.807) is 0 Å². The van der Waals surface area contributed by atoms with Gasteiger partial charge in [-0.1, -0.05) is 19.8 Å². The number of benzene rings is 1. The third-order valence-corrected chi connectivity index (χ3v) is 5.55. The highest BCUT2D eigenvalue weighted by atomic mass is 16.5. The maximum atomic E-state index is 12.0. The Kier molecular flexibility index (Phi) is 4.39. The lowest BCUT2D eigenvalue weighted by molar-refractivity contribution is -0.124. The smallest absolute Gasteiger partial charge is 0.133 e. The zero-order valence-electron chi connectivity index (χ0n) is 14.5. The molecule has 0 saturated heterocycles. The van der Waals surface area contributed by atoms with Gasteiger partial charge in [0.25, 0.3) is 0 Å². The Morgan fingerprint density at radius 3 is 2.83 bits per heavy atom. The van der Waals surface area contributed by atoms with E-state index in [0.29, 0.717) is 30.3 Å². The van der Waals surface area contributed by atoms with Crippen molar-refractivity contribution in [2.45, 2.75) is 77.2 Å². The topological polar surface area (TPSA) is 46.5 Å². The summed E-state index contributed by atoms with van der Waals surface area (Å²) in [6.07, 6.45) is 6.50. The van der Waals surface area contributed by atoms with Crippen LogP contribution in [0.4, 0.5) is 0 Å². The zero-order chi connectivity index (χ0) is 16.6. The van der Waals surface area contributed by atoms with Crippen LogP contribution in [0.2, 0.25) is 0 Å². The van der Waals surface area contributed by atoms with Gasteiger partial charge in [-0.15, -0.1) is 0 Å². The first-order valence-corrected chi connectivity index (χ1v) is 8.99. The van der Waals surface area contributed by atoms with Gasteiger partial charge in [0.2, 0.25) is 0 Å². The number of fused-ring (bicyclic) bond motifs is 3. The molecule has 0 radical (unpaired) electrons. The minimum atomic E-state index is -0.285. The molecule has 0 bridgehead atoms. The summed E-state index contributed by atoms with van der Waals surface area (Å²) in [6.45, 7) is 6.42. The van der Waals surface area contributed by atoms with Gasteiger partial charge in [0.1, 0.15) is 22.9 Å². The summed E-state index contributed by atoms with van der Waals surface area (Å²) < 4.78 is 6.28. The number of aryl methyl sites for hydroxylation is 1. The molecule has 1 aromatic rings. The van der Waals surface area contributed by atoms with Crippen LogP contribution in [0.3, 0.4) is 0 Å². The predicted octanol–water partition coefficient (Wildman–Crippen LogP) is 4.75. The van der Waals surface area contributed by atoms with E-state index in [1.807, 2.05) is 6.07 Å². The molecule has 1 fully saturated rings. The number of rotatable bonds is 4. The summed E-state index contributed by atoms with van der Waals surface area (Å²) in [5.41, 5.74) is 1.71. The molecule has 1 saturated carbocycles. The first kappa shape index (κ1) is 16.4. The van der Waals surface area contributed by atoms with Gasteiger partial charge in [0.05, 0.1) is 0 Å². The van der Waals surface area contributed by atoms with E-state index >= 15 is 0 Å². The molecule has 0 aromatic heterocycles. The molecule has 1 heterocycles. The second kappa shape index (κ2) is 6.18. The fourth-order valence-electron chi connectivity index (χ4n) is 4.35. The van der Waals surface area contributed by atoms with E-state index in [9.17, 15) is 9.90 Å². The quantitative estimate of drug-likeness (QED) is 0.815. The molecule has 1 N–H and O–H groups in total. The molecular formula is C20H28O3. The SMILES string of the molecule is CCCCCc1cc(O)c2c(c1)OC(C)(C)[C@@H]1CCC(=O)CC21. The van der Waals surface area contributed by atoms with Crippen molar-refractivity contribution in [3.05, 3.63) is 23.3 Å². The number of carbonyl (C=O) groups is 1. The van der Waals surface area contributed by atoms with Crippen LogP contribution >= 0.6 is 0 Å². The predicted molar refractivity (Wildman–Crippen MR) is 91.1 cm³/mol. The number of ether oxygens (including phenoxy) is 1. The van der Waals surface area contributed by atoms with Crippen molar-refractivity contribution in [1.29, 1.82) is 0 Å². The standard InChI is InChI=1S/C20H28O3/c1-4-5-6-7-13-10-17(22)19-15-12-14(21)8-9-16(15)20(2,3)23-18(19)11-13/h10-11,15-16,22H,4-9,12H2,1-3H3/t15?,16-/m1/s1. The number of phenolic OH excluding ortho intramolecular Hbond substituents is 1. The Bertz CT molecular complexity index is 603. The summed E-state index contributed by atoms with van der Waals surface area (Å²) in [7, 11) is 0. The monoisotopic (exact) mass is 316 g/mol. The molecule has 2 atom stereocenters. The highest BCUT2D eigenvalue weighted by Gasteiger charge is 2.47. The van der Waals surface area contributed by atoms with Crippen LogP contribution in [-0.2, 0) is 11.2 Å². The van der Waals surface area contributed by atoms with E-state index in [-0.39, 0.29) is 11.5 Å². The number of aromatic hydroxyl groups is 1. The molecule has 1 aliphatic heterocycles. The average Bonchev–Trinajstić information content (AvgIpc) is 2.46. The lowest BCUT2D eigenvalue weighted by Crippen LogP contribution is -2.47. The molecule has 3 heteroatoms. The summed E-state index contributed by atoms with van der Waals surface area (Å²) in [5.74, 6) is 1.80. The van der Waals surface area contributed by atoms with Crippen molar-refractivity contribution in [3.63, 3.8) is 0 Å². The van der Waals surface area contributed by atoms with Crippen molar-refractivity contribution in [1.82, 2.24) is 0 Å². The zero-order valence-corrected chi connectivity index (χ0v) is 14.5. The van der Waals surface area contributed by atoms with Crippen molar-refractivity contribution in [2.24, 2.45) is 5.92 Å². The molecule has 1 aliphatic carbocycles. The Labute approximate surface area is 139 Å². The third-order valence-electron chi connectivity index (χ3n) is 5.55. The summed E-state index contributed by atoms with van der Waals surface area (Å²) in [6, 6.07) is 3.97. The van der Waals surface area contributed by atoms with Crippen LogP contribution in [0.25, 0.3) is 0 Å². The number of phenols is 1. The van der Waals surface area contributed by atoms with Gasteiger partial charge in [-0.25, -0.2) is 0 Å². The lowest BCUT2D eigenvalue weighted by Gasteiger charge is -2.47. The van der Waals surface area contributed by atoms with Crippen molar-refractivity contribution < 1.29 is 14.6 Å². The molecule has 0 amide bonds. The Hall–Kier alpha value is -1.51. The Morgan fingerprint density at radius 1 is 1.30 bits per heavy atom. The highest BCUT2D eigenvalue weighted by Crippen LogP contribution is 2.53. The number of Topliss-reactive ketones (excluding diaryl/α,β-unsaturated/α-hetero) is 1. The number of hydrogen-bond acceptors (Lipinski definition) is 3. The highest BCUT2D eigenvalue weighted by molar-refractivity contribution is 5.81. The fraction of sp³-hybridized carbons (Fsp3) is 0.650. The minimum absolute atomic E-state index is 0.0969. The van der Waals surface area contributed by atoms with E-state index in [2.05, 4.69) is 26.8 Å². The molecule has 3 rings (SSSR count). The molecule has 23 heavy (non-hydrogen) atoms. The van der Waals surface area contributed by atoms with E-state index in [0.717, 1.165) is 36.1 Å². The molecule has 126 valence electrons. The third kappa shape index (κ3) is 3.11. The van der Waals surface area contributed by atoms with Gasteiger partial charge in [-0.05, 0) is 50.8 Å². The molecule has 0 spiro atoms. The second-order valence-electron chi connectivity index (χ2n) is 7.68. The summed E-state index contributed by atoms with van der Waals surface area (Å²) in [4.78, 5) is 12.0. The van der Waals surface area contributed by atoms with Crippen LogP contribution in [0.5, 0.6) is 11.5 Å². The Balaban J connectivity index is 1.96. The molecule has 1 aromatic carbocycles. The second-order valence-corrected chi connectivity index (χ2v) is 7.68. The molecular weight excluding hydrogens is 288 g/mol. The first-order valence-electron chi connectivity index (χ1n) is 8.99. The van der Waals surface area contributed by atoms with Gasteiger partial charge >= 0.3 is 0 Å². The normalized spacial score (nSPS) is 25.4. The van der Waals surface area contributed by atoms with Crippen molar-refractivity contribution >= 4 is 5.78 Å². The van der Waals surface area contributed by atoms with Crippen LogP contribution in [0, 0.1) is 5.92 Å². The maximum absolute atomic E-state index is 12.0. The largest absolute Gasteiger partial charge is 0.508 e. The first-order chi connectivity index (χ1) is 10.9. The van der Waals surface area contributed by atoms with Crippen LogP contribution in [-0.4, -0.2) is 16.5 Å². The van der Waals surface area contributed by atoms with Gasteiger partial charge in [0.15, 0.2) is 0 Å². The van der Waals surface area contributed by atoms with Crippen LogP contribution in [0.15, 0.2) is 12.1 Å². The minimum Gasteiger partial charge on any atom is -0.508 e. The number of unbranched alkanes of at least 4 members (excludes halogenated alkanes) is 2. The molecule has 2 aliphatic rings. The van der Waals surface area contributed by atoms with Gasteiger partial charge in [-0.3, -0.25) is 4.79 Å². The van der Waals surface area contributed by atoms with E-state index in [4.69, 9.17) is 4.74 Å². The summed E-state index contributed by atoms with van der Waals surface area (Å²) in [5, 5.41) is 10.6. The van der Waals surface area contributed by atoms with Crippen molar-refractivity contribution in [3.8, 4) is 11.5 Å². The van der Waals surface area contributed by atoms with Crippen LogP contribution in [0.1, 0.15) is 76.3 Å². The number of ketones is 1. The molecule has 1 unspecified atom stereocenters. The number of carbonyl (C=O) groups excluding carboxylic acids is 1. The average molecular weight is 316 g/mol. The van der Waals surface area contributed by atoms with Crippen molar-refractivity contribution in [2.75, 3.05) is 0 Å².